The Labute approximate surface area is 278 Å². The van der Waals surface area contributed by atoms with E-state index >= 15 is 0 Å². The molecule has 0 aromatic heterocycles. The van der Waals surface area contributed by atoms with Crippen molar-refractivity contribution in [3.63, 3.8) is 0 Å². The first kappa shape index (κ1) is 37.4. The molecular weight excluding hydrogens is 593 g/mol. The number of unbranched alkanes of at least 4 members (excludes halogenated alkanes) is 5. The zero-order valence-electron chi connectivity index (χ0n) is 29.0. The third kappa shape index (κ3) is 10.2. The van der Waals surface area contributed by atoms with Crippen LogP contribution in [0, 0.1) is 11.8 Å². The summed E-state index contributed by atoms with van der Waals surface area (Å²) in [5.41, 5.74) is 0. The van der Waals surface area contributed by atoms with Gasteiger partial charge in [-0.1, -0.05) is 139 Å². The Morgan fingerprint density at radius 2 is 1.52 bits per heavy atom. The molecule has 0 spiro atoms. The minimum atomic E-state index is -2.80. The standard InChI is InChI=1S/C39H56O6Si/c1-7-8-13-20-31(45-46(39(3,4)5,32-21-14-11-15-22-32)33-23-16-12-17-24-33)27-28-34-35(37(29-36(34)41)44-30(2)40)25-18-9-10-19-26-38(42)43-6/h11-12,14-17,21-24,27-28,31,34-35,37H,7-10,13,18-20,25-26,29H2,1-6H3/b28-27+/t31-,34+,35+,37-/m0/s1. The molecule has 0 heterocycles. The lowest BCUT2D eigenvalue weighted by atomic mass is 9.88. The summed E-state index contributed by atoms with van der Waals surface area (Å²) in [5, 5.41) is 2.31. The third-order valence-electron chi connectivity index (χ3n) is 9.30. The highest BCUT2D eigenvalue weighted by atomic mass is 28.4. The molecule has 0 radical (unpaired) electrons. The van der Waals surface area contributed by atoms with Crippen LogP contribution in [0.15, 0.2) is 72.8 Å². The summed E-state index contributed by atoms with van der Waals surface area (Å²) in [4.78, 5) is 36.9. The van der Waals surface area contributed by atoms with Gasteiger partial charge in [0.25, 0.3) is 8.32 Å². The lowest BCUT2D eigenvalue weighted by molar-refractivity contribution is -0.148. The first-order chi connectivity index (χ1) is 22.0. The van der Waals surface area contributed by atoms with Crippen LogP contribution in [0.5, 0.6) is 0 Å². The zero-order chi connectivity index (χ0) is 33.6. The fourth-order valence-electron chi connectivity index (χ4n) is 6.97. The lowest BCUT2D eigenvalue weighted by Gasteiger charge is -2.45. The van der Waals surface area contributed by atoms with Gasteiger partial charge in [0, 0.05) is 31.6 Å². The number of hydrogen-bond donors (Lipinski definition) is 0. The predicted octanol–water partition coefficient (Wildman–Crippen LogP) is 7.72. The van der Waals surface area contributed by atoms with Crippen LogP contribution < -0.4 is 10.4 Å². The van der Waals surface area contributed by atoms with Gasteiger partial charge in [-0.15, -0.1) is 0 Å². The van der Waals surface area contributed by atoms with E-state index in [1.807, 2.05) is 0 Å². The summed E-state index contributed by atoms with van der Waals surface area (Å²) in [6, 6.07) is 21.4. The maximum absolute atomic E-state index is 13.5. The highest BCUT2D eigenvalue weighted by molar-refractivity contribution is 6.99. The lowest BCUT2D eigenvalue weighted by Crippen LogP contribution is -2.67. The van der Waals surface area contributed by atoms with Gasteiger partial charge >= 0.3 is 11.9 Å². The first-order valence-electron chi connectivity index (χ1n) is 17.3. The van der Waals surface area contributed by atoms with Crippen LogP contribution in [0.4, 0.5) is 0 Å². The number of methoxy groups -OCH3 is 1. The fourth-order valence-corrected chi connectivity index (χ4v) is 11.6. The molecule has 0 aliphatic heterocycles. The van der Waals surface area contributed by atoms with E-state index in [2.05, 4.69) is 101 Å². The molecule has 1 saturated carbocycles. The summed E-state index contributed by atoms with van der Waals surface area (Å²) < 4.78 is 18.0. The Bertz CT molecular complexity index is 1210. The highest BCUT2D eigenvalue weighted by Crippen LogP contribution is 2.40. The summed E-state index contributed by atoms with van der Waals surface area (Å²) >= 11 is 0. The Morgan fingerprint density at radius 3 is 2.07 bits per heavy atom. The Hall–Kier alpha value is -3.03. The van der Waals surface area contributed by atoms with E-state index in [1.165, 1.54) is 24.4 Å². The smallest absolute Gasteiger partial charge is 0.305 e. The van der Waals surface area contributed by atoms with Gasteiger partial charge < -0.3 is 13.9 Å². The van der Waals surface area contributed by atoms with Crippen LogP contribution in [0.3, 0.4) is 0 Å². The molecule has 4 atom stereocenters. The molecule has 1 aliphatic carbocycles. The minimum absolute atomic E-state index is 0.0718. The molecule has 3 rings (SSSR count). The van der Waals surface area contributed by atoms with Crippen LogP contribution in [-0.2, 0) is 28.3 Å². The molecule has 0 amide bonds. The number of carbonyl (C=O) groups is 3. The van der Waals surface area contributed by atoms with Crippen LogP contribution >= 0.6 is 0 Å². The van der Waals surface area contributed by atoms with Crippen LogP contribution in [0.2, 0.25) is 5.04 Å². The Kier molecular flexibility index (Phi) is 14.9. The molecule has 7 heteroatoms. The molecule has 46 heavy (non-hydrogen) atoms. The number of esters is 2. The number of rotatable bonds is 18. The molecule has 2 aromatic carbocycles. The molecule has 1 aliphatic rings. The quantitative estimate of drug-likeness (QED) is 0.0713. The predicted molar refractivity (Wildman–Crippen MR) is 188 cm³/mol. The molecule has 6 nitrogen and oxygen atoms in total. The van der Waals surface area contributed by atoms with Crippen molar-refractivity contribution in [3.05, 3.63) is 72.8 Å². The van der Waals surface area contributed by atoms with Crippen molar-refractivity contribution in [3.8, 4) is 0 Å². The monoisotopic (exact) mass is 648 g/mol. The second-order valence-electron chi connectivity index (χ2n) is 13.7. The van der Waals surface area contributed by atoms with E-state index in [0.29, 0.717) is 6.42 Å². The number of ketones is 1. The van der Waals surface area contributed by atoms with Gasteiger partial charge in [-0.25, -0.2) is 0 Å². The summed E-state index contributed by atoms with van der Waals surface area (Å²) in [7, 11) is -1.39. The van der Waals surface area contributed by atoms with E-state index in [-0.39, 0.29) is 47.1 Å². The number of carbonyl (C=O) groups excluding carboxylic acids is 3. The molecule has 0 unspecified atom stereocenters. The van der Waals surface area contributed by atoms with Crippen molar-refractivity contribution in [2.45, 2.75) is 122 Å². The number of ether oxygens (including phenoxy) is 2. The van der Waals surface area contributed by atoms with E-state index < -0.39 is 14.4 Å². The van der Waals surface area contributed by atoms with Crippen molar-refractivity contribution >= 4 is 36.4 Å². The molecule has 1 fully saturated rings. The molecule has 0 N–H and O–H groups in total. The summed E-state index contributed by atoms with van der Waals surface area (Å²) in [5.74, 6) is -0.808. The molecular formula is C39H56O6Si. The van der Waals surface area contributed by atoms with Gasteiger partial charge in [-0.05, 0) is 34.7 Å². The van der Waals surface area contributed by atoms with Crippen molar-refractivity contribution < 1.29 is 28.3 Å². The number of hydrogen-bond acceptors (Lipinski definition) is 6. The summed E-state index contributed by atoms with van der Waals surface area (Å²) in [6.45, 7) is 10.5. The second-order valence-corrected chi connectivity index (χ2v) is 18.0. The van der Waals surface area contributed by atoms with Gasteiger partial charge in [0.15, 0.2) is 0 Å². The van der Waals surface area contributed by atoms with Gasteiger partial charge in [0.2, 0.25) is 0 Å². The average Bonchev–Trinajstić information content (AvgIpc) is 3.32. The zero-order valence-corrected chi connectivity index (χ0v) is 30.0. The molecule has 2 aromatic rings. The Balaban J connectivity index is 1.92. The van der Waals surface area contributed by atoms with E-state index in [1.54, 1.807) is 0 Å². The maximum Gasteiger partial charge on any atom is 0.305 e. The third-order valence-corrected chi connectivity index (χ3v) is 14.4. The normalized spacial score (nSPS) is 19.3. The van der Waals surface area contributed by atoms with E-state index in [9.17, 15) is 14.4 Å². The second kappa shape index (κ2) is 18.3. The van der Waals surface area contributed by atoms with Crippen LogP contribution in [0.1, 0.15) is 105 Å². The van der Waals surface area contributed by atoms with Gasteiger partial charge in [0.1, 0.15) is 11.9 Å². The fraction of sp³-hybridized carbons (Fsp3) is 0.564. The van der Waals surface area contributed by atoms with E-state index in [4.69, 9.17) is 13.9 Å². The van der Waals surface area contributed by atoms with Crippen molar-refractivity contribution in [2.24, 2.45) is 11.8 Å². The maximum atomic E-state index is 13.5. The topological polar surface area (TPSA) is 78.9 Å². The van der Waals surface area contributed by atoms with Crippen molar-refractivity contribution in [1.82, 2.24) is 0 Å². The average molecular weight is 649 g/mol. The SMILES string of the molecule is CCCCC[C@@H](/C=C/[C@H]1C(=O)C[C@H](OC(C)=O)[C@@H]1CCCCCCC(=O)OC)O[Si](c1ccccc1)(c1ccccc1)C(C)(C)C. The van der Waals surface area contributed by atoms with E-state index in [0.717, 1.165) is 57.8 Å². The van der Waals surface area contributed by atoms with Crippen LogP contribution in [-0.4, -0.2) is 45.4 Å². The molecule has 0 saturated heterocycles. The number of Topliss-reactive ketones (excluding diaryl/α,β-unsaturated/α-hetero) is 1. The van der Waals surface area contributed by atoms with Crippen molar-refractivity contribution in [2.75, 3.05) is 7.11 Å². The molecule has 0 bridgehead atoms. The first-order valence-corrected chi connectivity index (χ1v) is 19.2. The Morgan fingerprint density at radius 1 is 0.913 bits per heavy atom. The van der Waals surface area contributed by atoms with Crippen molar-refractivity contribution in [1.29, 1.82) is 0 Å². The van der Waals surface area contributed by atoms with Crippen LogP contribution in [0.25, 0.3) is 0 Å². The number of allylic oxidation sites excluding steroid dienone is 1. The molecule has 252 valence electrons. The number of benzene rings is 2. The summed E-state index contributed by atoms with van der Waals surface area (Å²) in [6.07, 6.45) is 12.8. The highest BCUT2D eigenvalue weighted by Gasteiger charge is 2.51. The van der Waals surface area contributed by atoms with Gasteiger partial charge in [0.05, 0.1) is 13.2 Å². The van der Waals surface area contributed by atoms with Gasteiger partial charge in [-0.2, -0.15) is 0 Å². The minimum Gasteiger partial charge on any atom is -0.469 e. The van der Waals surface area contributed by atoms with Gasteiger partial charge in [-0.3, -0.25) is 14.4 Å². The largest absolute Gasteiger partial charge is 0.469 e.